The topological polar surface area (TPSA) is 24.7 Å². The Bertz CT molecular complexity index is 585. The zero-order valence-electron chi connectivity index (χ0n) is 15.1. The second-order valence-electron chi connectivity index (χ2n) is 6.39. The molecule has 2 rings (SSSR count). The SMILES string of the molecule is C/C=C(/N=C(\C)c1ccc(C2CCCCC2)cc1)C(\C)=N/CC. The number of aliphatic imine (C=N–C) groups is 2. The number of hydrogen-bond donors (Lipinski definition) is 0. The highest BCUT2D eigenvalue weighted by atomic mass is 14.8. The molecule has 0 bridgehead atoms. The molecule has 1 saturated carbocycles. The summed E-state index contributed by atoms with van der Waals surface area (Å²) in [5, 5.41) is 0. The summed E-state index contributed by atoms with van der Waals surface area (Å²) in [6.07, 6.45) is 8.91. The molecule has 2 heteroatoms. The van der Waals surface area contributed by atoms with Gasteiger partial charge in [0.1, 0.15) is 0 Å². The van der Waals surface area contributed by atoms with E-state index in [0.717, 1.165) is 29.6 Å². The van der Waals surface area contributed by atoms with Gasteiger partial charge in [-0.2, -0.15) is 0 Å². The van der Waals surface area contributed by atoms with Gasteiger partial charge in [-0.1, -0.05) is 49.6 Å². The highest BCUT2D eigenvalue weighted by Gasteiger charge is 2.15. The second-order valence-corrected chi connectivity index (χ2v) is 6.39. The minimum Gasteiger partial charge on any atom is -0.288 e. The zero-order valence-corrected chi connectivity index (χ0v) is 15.1. The molecule has 1 aliphatic rings. The lowest BCUT2D eigenvalue weighted by Crippen LogP contribution is -2.05. The molecule has 0 radical (unpaired) electrons. The predicted molar refractivity (Wildman–Crippen MR) is 102 cm³/mol. The summed E-state index contributed by atoms with van der Waals surface area (Å²) >= 11 is 0. The van der Waals surface area contributed by atoms with Crippen LogP contribution in [0.4, 0.5) is 0 Å². The standard InChI is InChI=1S/C21H30N2/c1-5-21(17(4)22-6-2)23-16(3)18-12-14-20(15-13-18)19-10-8-7-9-11-19/h5,12-15,19H,6-11H2,1-4H3/b21-5+,22-17-,23-16+. The molecule has 2 nitrogen and oxygen atoms in total. The van der Waals surface area contributed by atoms with Crippen molar-refractivity contribution < 1.29 is 0 Å². The Morgan fingerprint density at radius 1 is 1.09 bits per heavy atom. The molecule has 0 aromatic heterocycles. The van der Waals surface area contributed by atoms with E-state index in [0.29, 0.717) is 0 Å². The maximum atomic E-state index is 4.77. The molecule has 0 heterocycles. The first-order valence-corrected chi connectivity index (χ1v) is 8.99. The lowest BCUT2D eigenvalue weighted by molar-refractivity contribution is 0.443. The van der Waals surface area contributed by atoms with Gasteiger partial charge in [-0.3, -0.25) is 9.98 Å². The van der Waals surface area contributed by atoms with Crippen molar-refractivity contribution in [2.75, 3.05) is 6.54 Å². The second kappa shape index (κ2) is 8.81. The summed E-state index contributed by atoms with van der Waals surface area (Å²) < 4.78 is 0. The van der Waals surface area contributed by atoms with Crippen molar-refractivity contribution in [1.29, 1.82) is 0 Å². The quantitative estimate of drug-likeness (QED) is 0.602. The Labute approximate surface area is 141 Å². The lowest BCUT2D eigenvalue weighted by atomic mass is 9.84. The molecule has 124 valence electrons. The maximum Gasteiger partial charge on any atom is 0.0797 e. The van der Waals surface area contributed by atoms with Gasteiger partial charge in [0.15, 0.2) is 0 Å². The fourth-order valence-electron chi connectivity index (χ4n) is 3.35. The zero-order chi connectivity index (χ0) is 16.7. The fraction of sp³-hybridized carbons (Fsp3) is 0.524. The third kappa shape index (κ3) is 4.89. The van der Waals surface area contributed by atoms with Crippen LogP contribution in [0.1, 0.15) is 76.8 Å². The molecule has 0 amide bonds. The van der Waals surface area contributed by atoms with E-state index in [1.165, 1.54) is 43.2 Å². The van der Waals surface area contributed by atoms with Crippen LogP contribution in [0, 0.1) is 0 Å². The Morgan fingerprint density at radius 2 is 1.74 bits per heavy atom. The average Bonchev–Trinajstić information content (AvgIpc) is 2.60. The van der Waals surface area contributed by atoms with Gasteiger partial charge in [0.2, 0.25) is 0 Å². The third-order valence-electron chi connectivity index (χ3n) is 4.73. The predicted octanol–water partition coefficient (Wildman–Crippen LogP) is 5.93. The molecular weight excluding hydrogens is 280 g/mol. The molecule has 0 unspecified atom stereocenters. The number of nitrogens with zero attached hydrogens (tertiary/aromatic N) is 2. The lowest BCUT2D eigenvalue weighted by Gasteiger charge is -2.22. The van der Waals surface area contributed by atoms with Gasteiger partial charge < -0.3 is 0 Å². The van der Waals surface area contributed by atoms with E-state index in [1.54, 1.807) is 0 Å². The highest BCUT2D eigenvalue weighted by molar-refractivity contribution is 6.05. The molecule has 1 fully saturated rings. The molecule has 1 aromatic rings. The van der Waals surface area contributed by atoms with Crippen molar-refractivity contribution >= 4 is 11.4 Å². The van der Waals surface area contributed by atoms with Gasteiger partial charge in [-0.05, 0) is 57.6 Å². The van der Waals surface area contributed by atoms with Crippen LogP contribution >= 0.6 is 0 Å². The van der Waals surface area contributed by atoms with E-state index < -0.39 is 0 Å². The summed E-state index contributed by atoms with van der Waals surface area (Å²) in [5.41, 5.74) is 5.73. The minimum absolute atomic E-state index is 0.764. The first-order chi connectivity index (χ1) is 11.2. The van der Waals surface area contributed by atoms with Gasteiger partial charge in [0.25, 0.3) is 0 Å². The van der Waals surface area contributed by atoms with Crippen LogP contribution in [0.3, 0.4) is 0 Å². The Balaban J connectivity index is 2.14. The monoisotopic (exact) mass is 310 g/mol. The fourth-order valence-corrected chi connectivity index (χ4v) is 3.35. The van der Waals surface area contributed by atoms with Crippen molar-refractivity contribution in [3.05, 3.63) is 47.2 Å². The molecule has 0 spiro atoms. The van der Waals surface area contributed by atoms with E-state index in [2.05, 4.69) is 43.1 Å². The van der Waals surface area contributed by atoms with Crippen LogP contribution in [0.15, 0.2) is 46.0 Å². The largest absolute Gasteiger partial charge is 0.288 e. The maximum absolute atomic E-state index is 4.77. The Hall–Kier alpha value is -1.70. The van der Waals surface area contributed by atoms with Crippen molar-refractivity contribution in [3.8, 4) is 0 Å². The van der Waals surface area contributed by atoms with Crippen LogP contribution in [0.5, 0.6) is 0 Å². The number of allylic oxidation sites excluding steroid dienone is 2. The van der Waals surface area contributed by atoms with Crippen molar-refractivity contribution in [2.45, 2.75) is 65.7 Å². The summed E-state index contributed by atoms with van der Waals surface area (Å²) in [6.45, 7) is 8.98. The summed E-state index contributed by atoms with van der Waals surface area (Å²) in [5.74, 6) is 0.764. The number of rotatable bonds is 5. The Kier molecular flexibility index (Phi) is 6.76. The molecular formula is C21H30N2. The van der Waals surface area contributed by atoms with Crippen molar-refractivity contribution in [1.82, 2.24) is 0 Å². The average molecular weight is 310 g/mol. The van der Waals surface area contributed by atoms with Crippen LogP contribution in [-0.2, 0) is 0 Å². The molecule has 1 aromatic carbocycles. The van der Waals surface area contributed by atoms with Crippen LogP contribution in [0.25, 0.3) is 0 Å². The molecule has 0 atom stereocenters. The van der Waals surface area contributed by atoms with Crippen LogP contribution in [-0.4, -0.2) is 18.0 Å². The molecule has 0 aliphatic heterocycles. The number of benzene rings is 1. The summed E-state index contributed by atoms with van der Waals surface area (Å²) in [7, 11) is 0. The molecule has 1 aliphatic carbocycles. The van der Waals surface area contributed by atoms with E-state index in [9.17, 15) is 0 Å². The van der Waals surface area contributed by atoms with Gasteiger partial charge >= 0.3 is 0 Å². The first-order valence-electron chi connectivity index (χ1n) is 8.99. The highest BCUT2D eigenvalue weighted by Crippen LogP contribution is 2.32. The Morgan fingerprint density at radius 3 is 2.30 bits per heavy atom. The van der Waals surface area contributed by atoms with E-state index in [1.807, 2.05) is 19.9 Å². The normalized spacial score (nSPS) is 18.3. The third-order valence-corrected chi connectivity index (χ3v) is 4.73. The van der Waals surface area contributed by atoms with E-state index >= 15 is 0 Å². The van der Waals surface area contributed by atoms with E-state index in [4.69, 9.17) is 4.99 Å². The van der Waals surface area contributed by atoms with Gasteiger partial charge in [0, 0.05) is 12.3 Å². The minimum atomic E-state index is 0.764. The molecule has 0 saturated heterocycles. The summed E-state index contributed by atoms with van der Waals surface area (Å²) in [4.78, 5) is 9.23. The molecule has 23 heavy (non-hydrogen) atoms. The van der Waals surface area contributed by atoms with Crippen molar-refractivity contribution in [2.24, 2.45) is 9.98 Å². The van der Waals surface area contributed by atoms with Crippen LogP contribution in [0.2, 0.25) is 0 Å². The smallest absolute Gasteiger partial charge is 0.0797 e. The van der Waals surface area contributed by atoms with Gasteiger partial charge in [-0.25, -0.2) is 0 Å². The number of hydrogen-bond acceptors (Lipinski definition) is 2. The van der Waals surface area contributed by atoms with Crippen molar-refractivity contribution in [3.63, 3.8) is 0 Å². The van der Waals surface area contributed by atoms with Crippen LogP contribution < -0.4 is 0 Å². The van der Waals surface area contributed by atoms with Gasteiger partial charge in [-0.15, -0.1) is 0 Å². The first kappa shape index (κ1) is 17.7. The molecule has 0 N–H and O–H groups in total. The van der Waals surface area contributed by atoms with E-state index in [-0.39, 0.29) is 0 Å². The van der Waals surface area contributed by atoms with Gasteiger partial charge in [0.05, 0.1) is 11.4 Å². The summed E-state index contributed by atoms with van der Waals surface area (Å²) in [6, 6.07) is 9.05.